The van der Waals surface area contributed by atoms with Crippen molar-refractivity contribution in [2.24, 2.45) is 0 Å². The molecule has 1 fully saturated rings. The molecule has 6 nitrogen and oxygen atoms in total. The van der Waals surface area contributed by atoms with Gasteiger partial charge in [0.1, 0.15) is 0 Å². The van der Waals surface area contributed by atoms with Crippen LogP contribution in [0.4, 0.5) is 11.5 Å². The van der Waals surface area contributed by atoms with Crippen LogP contribution in [0.1, 0.15) is 42.6 Å². The number of allylic oxidation sites excluding steroid dienone is 1. The number of rotatable bonds is 6. The van der Waals surface area contributed by atoms with E-state index in [0.29, 0.717) is 12.2 Å². The van der Waals surface area contributed by atoms with Gasteiger partial charge in [-0.1, -0.05) is 29.8 Å². The standard InChI is InChI=1S/C23H29N5O/c29-23(24-14-13-19-7-3-1-4-8-19)21-11-12-22(26-25-21)28-17-15-27(16-18-28)20-9-5-2-6-10-20/h2,5-7,9-12H,1,3-4,8,13-18H2,(H,24,29). The summed E-state index contributed by atoms with van der Waals surface area (Å²) in [6.07, 6.45) is 8.16. The quantitative estimate of drug-likeness (QED) is 0.765. The van der Waals surface area contributed by atoms with Crippen molar-refractivity contribution in [3.63, 3.8) is 0 Å². The third-order valence-electron chi connectivity index (χ3n) is 5.72. The van der Waals surface area contributed by atoms with Crippen molar-refractivity contribution < 1.29 is 4.79 Å². The third kappa shape index (κ3) is 5.13. The lowest BCUT2D eigenvalue weighted by atomic mass is 9.97. The lowest BCUT2D eigenvalue weighted by Gasteiger charge is -2.36. The molecule has 1 N–H and O–H groups in total. The van der Waals surface area contributed by atoms with E-state index in [1.807, 2.05) is 12.1 Å². The maximum absolute atomic E-state index is 12.3. The molecule has 4 rings (SSSR count). The zero-order chi connectivity index (χ0) is 19.9. The first-order chi connectivity index (χ1) is 14.3. The molecule has 0 radical (unpaired) electrons. The summed E-state index contributed by atoms with van der Waals surface area (Å²) in [7, 11) is 0. The van der Waals surface area contributed by atoms with E-state index in [-0.39, 0.29) is 5.91 Å². The van der Waals surface area contributed by atoms with Gasteiger partial charge >= 0.3 is 0 Å². The van der Waals surface area contributed by atoms with Gasteiger partial charge in [0.05, 0.1) is 0 Å². The first-order valence-electron chi connectivity index (χ1n) is 10.6. The van der Waals surface area contributed by atoms with E-state index < -0.39 is 0 Å². The number of nitrogens with zero attached hydrogens (tertiary/aromatic N) is 4. The number of anilines is 2. The summed E-state index contributed by atoms with van der Waals surface area (Å²) in [5, 5.41) is 11.4. The fraction of sp³-hybridized carbons (Fsp3) is 0.435. The number of para-hydroxylation sites is 1. The van der Waals surface area contributed by atoms with Gasteiger partial charge in [0.2, 0.25) is 0 Å². The summed E-state index contributed by atoms with van der Waals surface area (Å²) in [6.45, 7) is 4.34. The van der Waals surface area contributed by atoms with Crippen LogP contribution in [0.5, 0.6) is 0 Å². The molecular formula is C23H29N5O. The van der Waals surface area contributed by atoms with Crippen LogP contribution in [-0.4, -0.2) is 48.8 Å². The highest BCUT2D eigenvalue weighted by Gasteiger charge is 2.19. The minimum atomic E-state index is -0.144. The van der Waals surface area contributed by atoms with E-state index in [1.54, 1.807) is 6.07 Å². The van der Waals surface area contributed by atoms with Crippen molar-refractivity contribution in [1.29, 1.82) is 0 Å². The van der Waals surface area contributed by atoms with Crippen molar-refractivity contribution in [3.05, 3.63) is 59.8 Å². The molecule has 1 aromatic carbocycles. The van der Waals surface area contributed by atoms with E-state index in [4.69, 9.17) is 0 Å². The van der Waals surface area contributed by atoms with Crippen molar-refractivity contribution in [1.82, 2.24) is 15.5 Å². The smallest absolute Gasteiger partial charge is 0.271 e. The molecule has 2 aromatic rings. The van der Waals surface area contributed by atoms with E-state index in [1.165, 1.54) is 36.9 Å². The number of carbonyl (C=O) groups excluding carboxylic acids is 1. The lowest BCUT2D eigenvalue weighted by Crippen LogP contribution is -2.46. The minimum Gasteiger partial charge on any atom is -0.368 e. The molecule has 1 saturated heterocycles. The summed E-state index contributed by atoms with van der Waals surface area (Å²) in [6, 6.07) is 14.2. The van der Waals surface area contributed by atoms with Crippen LogP contribution < -0.4 is 15.1 Å². The van der Waals surface area contributed by atoms with Gasteiger partial charge in [-0.05, 0) is 56.4 Å². The van der Waals surface area contributed by atoms with Crippen LogP contribution in [-0.2, 0) is 0 Å². The van der Waals surface area contributed by atoms with Gasteiger partial charge in [-0.15, -0.1) is 10.2 Å². The Kier molecular flexibility index (Phi) is 6.39. The average molecular weight is 392 g/mol. The van der Waals surface area contributed by atoms with Gasteiger partial charge in [0.15, 0.2) is 11.5 Å². The van der Waals surface area contributed by atoms with Crippen LogP contribution in [0.15, 0.2) is 54.1 Å². The molecule has 0 bridgehead atoms. The SMILES string of the molecule is O=C(NCCC1=CCCCC1)c1ccc(N2CCN(c3ccccc3)CC2)nn1. The Morgan fingerprint density at radius 1 is 0.931 bits per heavy atom. The van der Waals surface area contributed by atoms with Gasteiger partial charge in [0, 0.05) is 38.4 Å². The number of hydrogen-bond donors (Lipinski definition) is 1. The second-order valence-corrected chi connectivity index (χ2v) is 7.70. The van der Waals surface area contributed by atoms with Crippen LogP contribution in [0.3, 0.4) is 0 Å². The summed E-state index contributed by atoms with van der Waals surface area (Å²) in [5.41, 5.74) is 3.11. The predicted octanol–water partition coefficient (Wildman–Crippen LogP) is 3.42. The Hall–Kier alpha value is -2.89. The third-order valence-corrected chi connectivity index (χ3v) is 5.72. The Morgan fingerprint density at radius 2 is 1.72 bits per heavy atom. The highest BCUT2D eigenvalue weighted by Crippen LogP contribution is 2.20. The Labute approximate surface area is 172 Å². The fourth-order valence-electron chi connectivity index (χ4n) is 4.01. The van der Waals surface area contributed by atoms with Crippen LogP contribution in [0.25, 0.3) is 0 Å². The monoisotopic (exact) mass is 391 g/mol. The Balaban J connectivity index is 1.25. The molecule has 1 amide bonds. The summed E-state index contributed by atoms with van der Waals surface area (Å²) >= 11 is 0. The van der Waals surface area contributed by atoms with Crippen molar-refractivity contribution >= 4 is 17.4 Å². The first kappa shape index (κ1) is 19.4. The van der Waals surface area contributed by atoms with Gasteiger partial charge in [-0.2, -0.15) is 0 Å². The normalized spacial score (nSPS) is 17.0. The van der Waals surface area contributed by atoms with Crippen molar-refractivity contribution in [3.8, 4) is 0 Å². The Morgan fingerprint density at radius 3 is 2.41 bits per heavy atom. The molecule has 152 valence electrons. The molecule has 0 unspecified atom stereocenters. The molecule has 1 aliphatic heterocycles. The van der Waals surface area contributed by atoms with Gasteiger partial charge in [0.25, 0.3) is 5.91 Å². The van der Waals surface area contributed by atoms with E-state index in [9.17, 15) is 4.79 Å². The summed E-state index contributed by atoms with van der Waals surface area (Å²) < 4.78 is 0. The number of amides is 1. The summed E-state index contributed by atoms with van der Waals surface area (Å²) in [5.74, 6) is 0.691. The number of piperazine rings is 1. The van der Waals surface area contributed by atoms with Crippen LogP contribution in [0.2, 0.25) is 0 Å². The molecule has 29 heavy (non-hydrogen) atoms. The van der Waals surface area contributed by atoms with E-state index >= 15 is 0 Å². The van der Waals surface area contributed by atoms with Crippen LogP contribution in [0, 0.1) is 0 Å². The second kappa shape index (κ2) is 9.54. The largest absolute Gasteiger partial charge is 0.368 e. The van der Waals surface area contributed by atoms with Crippen molar-refractivity contribution in [2.45, 2.75) is 32.1 Å². The second-order valence-electron chi connectivity index (χ2n) is 7.70. The number of carbonyl (C=O) groups is 1. The minimum absolute atomic E-state index is 0.144. The maximum Gasteiger partial charge on any atom is 0.271 e. The fourth-order valence-corrected chi connectivity index (χ4v) is 4.01. The number of hydrogen-bond acceptors (Lipinski definition) is 5. The highest BCUT2D eigenvalue weighted by atomic mass is 16.1. The summed E-state index contributed by atoms with van der Waals surface area (Å²) in [4.78, 5) is 16.9. The molecule has 2 heterocycles. The number of benzene rings is 1. The average Bonchev–Trinajstić information content (AvgIpc) is 2.80. The van der Waals surface area contributed by atoms with Gasteiger partial charge in [-0.3, -0.25) is 4.79 Å². The number of nitrogens with one attached hydrogen (secondary N) is 1. The molecule has 0 saturated carbocycles. The van der Waals surface area contributed by atoms with E-state index in [2.05, 4.69) is 55.7 Å². The van der Waals surface area contributed by atoms with E-state index in [0.717, 1.165) is 38.4 Å². The lowest BCUT2D eigenvalue weighted by molar-refractivity contribution is 0.0948. The molecule has 1 aliphatic carbocycles. The topological polar surface area (TPSA) is 61.4 Å². The molecule has 0 spiro atoms. The highest BCUT2D eigenvalue weighted by molar-refractivity contribution is 5.92. The molecule has 1 aromatic heterocycles. The van der Waals surface area contributed by atoms with Gasteiger partial charge < -0.3 is 15.1 Å². The van der Waals surface area contributed by atoms with Crippen LogP contribution >= 0.6 is 0 Å². The zero-order valence-corrected chi connectivity index (χ0v) is 16.9. The zero-order valence-electron chi connectivity index (χ0n) is 16.9. The molecule has 6 heteroatoms. The Bertz CT molecular complexity index is 826. The van der Waals surface area contributed by atoms with Crippen molar-refractivity contribution in [2.75, 3.05) is 42.5 Å². The molecular weight excluding hydrogens is 362 g/mol. The molecule has 2 aliphatic rings. The first-order valence-corrected chi connectivity index (χ1v) is 10.6. The molecule has 0 atom stereocenters. The maximum atomic E-state index is 12.3. The predicted molar refractivity (Wildman–Crippen MR) is 116 cm³/mol. The number of aromatic nitrogens is 2. The van der Waals surface area contributed by atoms with Gasteiger partial charge in [-0.25, -0.2) is 0 Å².